The molecule has 1 amide bonds. The molecule has 2 aliphatic heterocycles. The van der Waals surface area contributed by atoms with Crippen molar-refractivity contribution in [2.75, 3.05) is 19.8 Å². The number of hydrogen-bond donors (Lipinski definition) is 1. The average Bonchev–Trinajstić information content (AvgIpc) is 2.78. The summed E-state index contributed by atoms with van der Waals surface area (Å²) in [6.45, 7) is -1.41. The summed E-state index contributed by atoms with van der Waals surface area (Å²) in [4.78, 5) is 24.5. The topological polar surface area (TPSA) is 102 Å². The molecule has 0 radical (unpaired) electrons. The molecule has 6 atom stereocenters. The van der Waals surface area contributed by atoms with E-state index >= 15 is 0 Å². The summed E-state index contributed by atoms with van der Waals surface area (Å²) in [5.41, 5.74) is 0.637. The van der Waals surface area contributed by atoms with Gasteiger partial charge in [-0.05, 0) is 0 Å². The van der Waals surface area contributed by atoms with Gasteiger partial charge in [-0.2, -0.15) is 0 Å². The van der Waals surface area contributed by atoms with Gasteiger partial charge in [-0.1, -0.05) is 99.9 Å². The molecule has 0 aliphatic carbocycles. The molecule has 1 aromatic carbocycles. The number of halogens is 7. The number of rotatable bonds is 5. The second-order valence-electron chi connectivity index (χ2n) is 7.30. The van der Waals surface area contributed by atoms with Crippen molar-refractivity contribution >= 4 is 81.9 Å². The van der Waals surface area contributed by atoms with Crippen LogP contribution in [0.15, 0.2) is 30.3 Å². The van der Waals surface area contributed by atoms with Crippen molar-refractivity contribution in [3.05, 3.63) is 35.9 Å². The Hall–Kier alpha value is -0.690. The van der Waals surface area contributed by atoms with Crippen LogP contribution in [0.4, 0.5) is 14.0 Å². The molecule has 9 nitrogen and oxygen atoms in total. The van der Waals surface area contributed by atoms with E-state index < -0.39 is 70.0 Å². The van der Waals surface area contributed by atoms with Gasteiger partial charge in [0.05, 0.1) is 6.61 Å². The molecule has 2 fully saturated rings. The van der Waals surface area contributed by atoms with Crippen molar-refractivity contribution in [1.29, 1.82) is 0 Å². The predicted octanol–water partition coefficient (Wildman–Crippen LogP) is 5.15. The van der Waals surface area contributed by atoms with Crippen LogP contribution in [-0.4, -0.2) is 70.4 Å². The number of benzene rings is 1. The number of ether oxygens (including phenoxy) is 6. The van der Waals surface area contributed by atoms with Crippen molar-refractivity contribution in [1.82, 2.24) is 5.32 Å². The molecule has 3 rings (SSSR count). The fourth-order valence-electron chi connectivity index (χ4n) is 3.24. The van der Waals surface area contributed by atoms with E-state index in [2.05, 4.69) is 5.32 Å². The fraction of sp³-hybridized carbons (Fsp3) is 0.579. The summed E-state index contributed by atoms with van der Waals surface area (Å²) >= 11 is 33.4. The summed E-state index contributed by atoms with van der Waals surface area (Å²) < 4.78 is 42.8. The van der Waals surface area contributed by atoms with Gasteiger partial charge in [0.1, 0.15) is 31.5 Å². The Kier molecular flexibility index (Phi) is 10.1. The van der Waals surface area contributed by atoms with Gasteiger partial charge in [-0.25, -0.2) is 14.0 Å². The maximum Gasteiger partial charge on any atom is 0.508 e. The number of nitrogens with one attached hydrogen (secondary N) is 1. The van der Waals surface area contributed by atoms with Crippen LogP contribution in [0.5, 0.6) is 0 Å². The van der Waals surface area contributed by atoms with E-state index in [-0.39, 0.29) is 6.61 Å². The minimum absolute atomic E-state index is 0.113. The van der Waals surface area contributed by atoms with E-state index in [0.29, 0.717) is 5.56 Å². The van der Waals surface area contributed by atoms with Gasteiger partial charge in [-0.15, -0.1) is 0 Å². The monoisotopic (exact) mass is 617 g/mol. The summed E-state index contributed by atoms with van der Waals surface area (Å²) in [6, 6.07) is 7.17. The van der Waals surface area contributed by atoms with Gasteiger partial charge >= 0.3 is 12.2 Å². The predicted molar refractivity (Wildman–Crippen MR) is 125 cm³/mol. The third-order valence-corrected chi connectivity index (χ3v) is 5.29. The average molecular weight is 620 g/mol. The quantitative estimate of drug-likeness (QED) is 0.357. The van der Waals surface area contributed by atoms with Gasteiger partial charge in [0.15, 0.2) is 12.4 Å². The van der Waals surface area contributed by atoms with E-state index in [1.807, 2.05) is 0 Å². The number of amides is 1. The van der Waals surface area contributed by atoms with Gasteiger partial charge < -0.3 is 33.7 Å². The summed E-state index contributed by atoms with van der Waals surface area (Å²) in [5.74, 6) is 0. The van der Waals surface area contributed by atoms with Crippen LogP contribution in [0.3, 0.4) is 0 Å². The first-order valence-corrected chi connectivity index (χ1v) is 12.1. The van der Waals surface area contributed by atoms with Gasteiger partial charge in [-0.3, -0.25) is 0 Å². The molecule has 35 heavy (non-hydrogen) atoms. The standard InChI is InChI=1S/C19H18Cl6FNO8/c20-18(21,22)7-31-16(28)27-11-13(35-17(29)32-8-19(23,24)25)12-10(33-14(11)26)6-30-15(34-12)9-4-2-1-3-5-9/h1-5,10-15H,6-8H2,(H,27,28)/t10-,11-,12+,13-,14+,15+/m1/s1. The zero-order valence-corrected chi connectivity index (χ0v) is 21.9. The molecule has 2 saturated heterocycles. The van der Waals surface area contributed by atoms with Crippen LogP contribution in [0.1, 0.15) is 11.9 Å². The van der Waals surface area contributed by atoms with Crippen LogP contribution in [-0.2, 0) is 28.4 Å². The van der Waals surface area contributed by atoms with Crippen LogP contribution in [0.2, 0.25) is 0 Å². The smallest absolute Gasteiger partial charge is 0.445 e. The van der Waals surface area contributed by atoms with Crippen molar-refractivity contribution < 1.29 is 42.4 Å². The molecule has 0 bridgehead atoms. The molecular weight excluding hydrogens is 602 g/mol. The molecule has 0 saturated carbocycles. The first-order chi connectivity index (χ1) is 16.3. The zero-order valence-electron chi connectivity index (χ0n) is 17.4. The number of alkyl carbamates (subject to hydrolysis) is 1. The largest absolute Gasteiger partial charge is 0.508 e. The van der Waals surface area contributed by atoms with E-state index in [9.17, 15) is 14.0 Å². The molecule has 2 heterocycles. The normalized spacial score (nSPS) is 29.0. The second kappa shape index (κ2) is 12.2. The summed E-state index contributed by atoms with van der Waals surface area (Å²) in [7, 11) is 0. The summed E-state index contributed by atoms with van der Waals surface area (Å²) in [5, 5.41) is 2.19. The Morgan fingerprint density at radius 2 is 1.63 bits per heavy atom. The van der Waals surface area contributed by atoms with E-state index in [1.54, 1.807) is 30.3 Å². The molecule has 1 N–H and O–H groups in total. The Balaban J connectivity index is 1.79. The third-order valence-electron chi connectivity index (χ3n) is 4.63. The highest BCUT2D eigenvalue weighted by atomic mass is 35.6. The van der Waals surface area contributed by atoms with Crippen LogP contribution in [0, 0.1) is 0 Å². The lowest BCUT2D eigenvalue weighted by molar-refractivity contribution is -0.328. The van der Waals surface area contributed by atoms with E-state index in [1.165, 1.54) is 0 Å². The Labute approximate surface area is 229 Å². The molecule has 16 heteroatoms. The Morgan fingerprint density at radius 3 is 2.26 bits per heavy atom. The number of fused-ring (bicyclic) bond motifs is 1. The first-order valence-electron chi connectivity index (χ1n) is 9.84. The highest BCUT2D eigenvalue weighted by molar-refractivity contribution is 6.68. The van der Waals surface area contributed by atoms with Crippen LogP contribution < -0.4 is 5.32 Å². The number of carbonyl (C=O) groups is 2. The highest BCUT2D eigenvalue weighted by Crippen LogP contribution is 2.36. The molecule has 0 unspecified atom stereocenters. The molecule has 2 aliphatic rings. The van der Waals surface area contributed by atoms with Gasteiger partial charge in [0.2, 0.25) is 13.9 Å². The maximum atomic E-state index is 15.0. The fourth-order valence-corrected chi connectivity index (χ4v) is 3.57. The number of hydrogen-bond acceptors (Lipinski definition) is 8. The zero-order chi connectivity index (χ0) is 25.8. The van der Waals surface area contributed by atoms with Crippen molar-refractivity contribution in [2.45, 2.75) is 44.6 Å². The third kappa shape index (κ3) is 8.98. The van der Waals surface area contributed by atoms with Crippen LogP contribution >= 0.6 is 69.6 Å². The van der Waals surface area contributed by atoms with Crippen molar-refractivity contribution in [3.63, 3.8) is 0 Å². The lowest BCUT2D eigenvalue weighted by atomic mass is 9.96. The molecule has 1 aromatic rings. The van der Waals surface area contributed by atoms with E-state index in [4.69, 9.17) is 98.0 Å². The van der Waals surface area contributed by atoms with Crippen molar-refractivity contribution in [2.24, 2.45) is 0 Å². The maximum absolute atomic E-state index is 15.0. The summed E-state index contributed by atoms with van der Waals surface area (Å²) in [6.07, 6.45) is -9.18. The minimum Gasteiger partial charge on any atom is -0.445 e. The molecule has 196 valence electrons. The SMILES string of the molecule is O=C(N[C@@H]1[C@@H](OC(=O)OCC(Cl)(Cl)Cl)[C@H]2O[C@@H](c3ccccc3)OC[C@H]2O[C@@H]1F)OCC(Cl)(Cl)Cl. The first kappa shape index (κ1) is 28.9. The molecule has 0 aromatic heterocycles. The Morgan fingerprint density at radius 1 is 1.00 bits per heavy atom. The highest BCUT2D eigenvalue weighted by Gasteiger charge is 2.53. The van der Waals surface area contributed by atoms with Gasteiger partial charge in [0.25, 0.3) is 0 Å². The Bertz CT molecular complexity index is 873. The minimum atomic E-state index is -2.18. The lowest BCUT2D eigenvalue weighted by Gasteiger charge is -2.46. The van der Waals surface area contributed by atoms with Crippen molar-refractivity contribution in [3.8, 4) is 0 Å². The number of carbonyl (C=O) groups excluding carboxylic acids is 2. The lowest BCUT2D eigenvalue weighted by Crippen LogP contribution is -2.66. The molecule has 0 spiro atoms. The van der Waals surface area contributed by atoms with Crippen LogP contribution in [0.25, 0.3) is 0 Å². The molecular formula is C19H18Cl6FNO8. The second-order valence-corrected chi connectivity index (χ2v) is 12.3. The van der Waals surface area contributed by atoms with E-state index in [0.717, 1.165) is 0 Å². The number of alkyl halides is 7. The van der Waals surface area contributed by atoms with Gasteiger partial charge in [0, 0.05) is 5.56 Å².